The fourth-order valence-electron chi connectivity index (χ4n) is 6.20. The molecule has 3 heterocycles. The summed E-state index contributed by atoms with van der Waals surface area (Å²) in [4.78, 5) is 25.8. The van der Waals surface area contributed by atoms with Crippen molar-refractivity contribution in [2.24, 2.45) is 0 Å². The van der Waals surface area contributed by atoms with E-state index in [9.17, 15) is 24.7 Å². The lowest BCUT2D eigenvalue weighted by Gasteiger charge is -2.29. The summed E-state index contributed by atoms with van der Waals surface area (Å²) < 4.78 is 26.0. The average Bonchev–Trinajstić information content (AvgIpc) is 3.83. The van der Waals surface area contributed by atoms with E-state index >= 15 is 0 Å². The van der Waals surface area contributed by atoms with Gasteiger partial charge in [0, 0.05) is 29.5 Å². The number of nitrogens with one attached hydrogen (secondary N) is 2. The van der Waals surface area contributed by atoms with Gasteiger partial charge in [-0.2, -0.15) is 0 Å². The summed E-state index contributed by atoms with van der Waals surface area (Å²) in [5.74, 6) is 0. The molecular formula is C39H50B3Cl6N3O10. The third-order valence-corrected chi connectivity index (χ3v) is 11.1. The standard InChI is InChI=1S/C16H22BCl2NO4.C12H14BCl2NO4.C11H14BCl2NO2/c1-5-6-7-20(15(21)24-16(2,3)4)14-11(18)8-10-9-23-17(22)12(10)13(14)19;1-12(2,3)20-11(17)16-10-7(14)4-6-5-19-13(18)8(6)9(10)15;1-2-3-4-15-11-8(13)5-7-6-17-12(16)9(7)10(11)14/h8,22H,5-7,9H2,1-4H3;4,18H,5H2,1-3H3,(H,16,17);5,15-16H,2-4,6H2,1H3. The van der Waals surface area contributed by atoms with Gasteiger partial charge in [0.25, 0.3) is 0 Å². The van der Waals surface area contributed by atoms with Crippen LogP contribution >= 0.6 is 69.6 Å². The monoisotopic (exact) mass is 963 g/mol. The van der Waals surface area contributed by atoms with Gasteiger partial charge >= 0.3 is 33.5 Å². The molecule has 5 N–H and O–H groups in total. The SMILES string of the molecule is CC(C)(C)OC(=O)Nc1c(Cl)cc2c(c1Cl)B(O)OC2.CCCCN(C(=O)OC(C)(C)C)c1c(Cl)cc2c(c1Cl)B(O)OC2.CCCCNc1c(Cl)cc2c(c1Cl)B(O)OC2. The number of anilines is 3. The van der Waals surface area contributed by atoms with Crippen molar-refractivity contribution in [2.75, 3.05) is 28.6 Å². The van der Waals surface area contributed by atoms with E-state index in [1.807, 2.05) is 6.92 Å². The van der Waals surface area contributed by atoms with Gasteiger partial charge < -0.3 is 43.8 Å². The smallest absolute Gasteiger partial charge is 0.444 e. The van der Waals surface area contributed by atoms with Gasteiger partial charge in [-0.3, -0.25) is 10.2 Å². The van der Waals surface area contributed by atoms with Crippen molar-refractivity contribution in [3.05, 3.63) is 65.0 Å². The van der Waals surface area contributed by atoms with Crippen molar-refractivity contribution in [1.82, 2.24) is 0 Å². The van der Waals surface area contributed by atoms with Crippen LogP contribution in [0.3, 0.4) is 0 Å². The molecule has 3 aliphatic heterocycles. The highest BCUT2D eigenvalue weighted by atomic mass is 35.5. The van der Waals surface area contributed by atoms with Crippen molar-refractivity contribution in [1.29, 1.82) is 0 Å². The number of amides is 2. The summed E-state index contributed by atoms with van der Waals surface area (Å²) in [6.07, 6.45) is 2.61. The lowest BCUT2D eigenvalue weighted by Crippen LogP contribution is -2.39. The number of fused-ring (bicyclic) bond motifs is 3. The second-order valence-corrected chi connectivity index (χ2v) is 18.6. The lowest BCUT2D eigenvalue weighted by molar-refractivity contribution is 0.0577. The number of unbranched alkanes of at least 4 members (excludes halogenated alkanes) is 2. The largest absolute Gasteiger partial charge is 0.493 e. The van der Waals surface area contributed by atoms with Crippen LogP contribution in [0, 0.1) is 0 Å². The molecule has 6 rings (SSSR count). The van der Waals surface area contributed by atoms with Crippen LogP contribution in [0.25, 0.3) is 0 Å². The topological polar surface area (TPSA) is 168 Å². The number of carbonyl (C=O) groups is 2. The molecule has 13 nitrogen and oxygen atoms in total. The number of ether oxygens (including phenoxy) is 2. The second-order valence-electron chi connectivity index (χ2n) is 16.2. The summed E-state index contributed by atoms with van der Waals surface area (Å²) >= 11 is 37.5. The van der Waals surface area contributed by atoms with Crippen molar-refractivity contribution >= 4 is 137 Å². The molecule has 0 radical (unpaired) electrons. The van der Waals surface area contributed by atoms with Crippen LogP contribution in [0.2, 0.25) is 30.1 Å². The Balaban J connectivity index is 0.000000204. The third kappa shape index (κ3) is 13.4. The molecule has 0 unspecified atom stereocenters. The predicted molar refractivity (Wildman–Crippen MR) is 248 cm³/mol. The molecule has 0 aromatic heterocycles. The Labute approximate surface area is 388 Å². The molecule has 332 valence electrons. The van der Waals surface area contributed by atoms with Gasteiger partial charge in [-0.25, -0.2) is 9.59 Å². The summed E-state index contributed by atoms with van der Waals surface area (Å²) in [6.45, 7) is 16.8. The average molecular weight is 966 g/mol. The maximum absolute atomic E-state index is 12.6. The van der Waals surface area contributed by atoms with Gasteiger partial charge in [-0.1, -0.05) is 96.3 Å². The van der Waals surface area contributed by atoms with Crippen molar-refractivity contribution < 1.29 is 48.1 Å². The van der Waals surface area contributed by atoms with Gasteiger partial charge in [0.15, 0.2) is 0 Å². The maximum Gasteiger partial charge on any atom is 0.493 e. The molecule has 0 aliphatic carbocycles. The van der Waals surface area contributed by atoms with Crippen molar-refractivity contribution in [2.45, 2.75) is 112 Å². The normalized spacial score (nSPS) is 14.0. The summed E-state index contributed by atoms with van der Waals surface area (Å²) in [7, 11) is -3.18. The Kier molecular flexibility index (Phi) is 18.6. The van der Waals surface area contributed by atoms with E-state index in [0.717, 1.165) is 43.4 Å². The number of rotatable bonds is 9. The van der Waals surface area contributed by atoms with Gasteiger partial charge in [0.1, 0.15) is 11.2 Å². The summed E-state index contributed by atoms with van der Waals surface area (Å²) in [5.41, 5.74) is 3.75. The number of halogens is 6. The van der Waals surface area contributed by atoms with Crippen LogP contribution in [0.4, 0.5) is 26.7 Å². The van der Waals surface area contributed by atoms with Gasteiger partial charge in [0.05, 0.1) is 67.0 Å². The van der Waals surface area contributed by atoms with Crippen LogP contribution in [0.1, 0.15) is 97.8 Å². The zero-order valence-corrected chi connectivity index (χ0v) is 39.8. The lowest BCUT2D eigenvalue weighted by atomic mass is 9.79. The maximum atomic E-state index is 12.6. The molecule has 3 aromatic carbocycles. The Hall–Kier alpha value is -2.31. The minimum atomic E-state index is -1.12. The molecule has 3 aromatic rings. The van der Waals surface area contributed by atoms with Crippen LogP contribution in [0.15, 0.2) is 18.2 Å². The minimum absolute atomic E-state index is 0.156. The number of hydrogen-bond donors (Lipinski definition) is 5. The fraction of sp³-hybridized carbons (Fsp3) is 0.487. The zero-order valence-electron chi connectivity index (χ0n) is 35.2. The number of benzene rings is 3. The highest BCUT2D eigenvalue weighted by Gasteiger charge is 2.37. The van der Waals surface area contributed by atoms with Crippen LogP contribution in [0.5, 0.6) is 0 Å². The zero-order chi connectivity index (χ0) is 45.6. The molecule has 0 bridgehead atoms. The van der Waals surface area contributed by atoms with Gasteiger partial charge in [-0.05, 0) is 89.3 Å². The first-order valence-electron chi connectivity index (χ1n) is 19.6. The van der Waals surface area contributed by atoms with Crippen molar-refractivity contribution in [3.8, 4) is 0 Å². The first-order valence-corrected chi connectivity index (χ1v) is 21.9. The summed E-state index contributed by atoms with van der Waals surface area (Å²) in [6, 6.07) is 5.08. The molecule has 0 spiro atoms. The Morgan fingerprint density at radius 3 is 1.56 bits per heavy atom. The second kappa shape index (κ2) is 22.1. The predicted octanol–water partition coefficient (Wildman–Crippen LogP) is 8.73. The molecular weight excluding hydrogens is 916 g/mol. The minimum Gasteiger partial charge on any atom is -0.444 e. The first kappa shape index (κ1) is 51.3. The molecule has 0 fully saturated rings. The molecule has 0 saturated carbocycles. The third-order valence-electron chi connectivity index (χ3n) is 9.01. The molecule has 2 amide bonds. The highest BCUT2D eigenvalue weighted by Crippen LogP contribution is 2.38. The van der Waals surface area contributed by atoms with Gasteiger partial charge in [0.2, 0.25) is 0 Å². The van der Waals surface area contributed by atoms with Crippen LogP contribution in [-0.4, -0.2) is 72.9 Å². The van der Waals surface area contributed by atoms with E-state index in [0.29, 0.717) is 61.5 Å². The highest BCUT2D eigenvalue weighted by molar-refractivity contribution is 6.67. The molecule has 22 heteroatoms. The van der Waals surface area contributed by atoms with Crippen LogP contribution < -0.4 is 31.9 Å². The van der Waals surface area contributed by atoms with Crippen molar-refractivity contribution in [3.63, 3.8) is 0 Å². The fourth-order valence-corrected chi connectivity index (χ4v) is 8.41. The first-order chi connectivity index (χ1) is 28.5. The van der Waals surface area contributed by atoms with E-state index in [-0.39, 0.29) is 34.0 Å². The van der Waals surface area contributed by atoms with E-state index in [2.05, 4.69) is 17.6 Å². The number of hydrogen-bond acceptors (Lipinski definition) is 11. The Bertz CT molecular complexity index is 2080. The van der Waals surface area contributed by atoms with E-state index in [1.54, 1.807) is 59.7 Å². The van der Waals surface area contributed by atoms with Gasteiger partial charge in [-0.15, -0.1) is 0 Å². The molecule has 0 saturated heterocycles. The number of nitrogens with zero attached hydrogens (tertiary/aromatic N) is 1. The van der Waals surface area contributed by atoms with E-state index < -0.39 is 44.7 Å². The molecule has 0 atom stereocenters. The Morgan fingerprint density at radius 2 is 1.10 bits per heavy atom. The molecule has 61 heavy (non-hydrogen) atoms. The quantitative estimate of drug-likeness (QED) is 0.103. The van der Waals surface area contributed by atoms with E-state index in [4.69, 9.17) is 93.0 Å². The Morgan fingerprint density at radius 1 is 0.672 bits per heavy atom. The summed E-state index contributed by atoms with van der Waals surface area (Å²) in [5, 5.41) is 37.1. The van der Waals surface area contributed by atoms with Crippen LogP contribution in [-0.2, 0) is 43.3 Å². The number of carbonyl (C=O) groups excluding carboxylic acids is 2. The molecule has 3 aliphatic rings. The van der Waals surface area contributed by atoms with E-state index in [1.165, 1.54) is 4.90 Å².